The van der Waals surface area contributed by atoms with Gasteiger partial charge in [0.25, 0.3) is 5.91 Å². The second-order valence-corrected chi connectivity index (χ2v) is 8.74. The van der Waals surface area contributed by atoms with Gasteiger partial charge in [0.15, 0.2) is 0 Å². The maximum absolute atomic E-state index is 12.8. The van der Waals surface area contributed by atoms with Gasteiger partial charge in [-0.15, -0.1) is 0 Å². The van der Waals surface area contributed by atoms with Crippen LogP contribution in [0.15, 0.2) is 40.9 Å². The molecule has 0 aliphatic carbocycles. The first-order valence-electron chi connectivity index (χ1n) is 11.1. The molecule has 2 aromatic carbocycles. The van der Waals surface area contributed by atoms with Crippen molar-refractivity contribution in [1.82, 2.24) is 20.4 Å². The molecular weight excluding hydrogens is 458 g/mol. The second kappa shape index (κ2) is 8.90. The van der Waals surface area contributed by atoms with Gasteiger partial charge in [0, 0.05) is 35.7 Å². The molecule has 0 saturated carbocycles. The van der Waals surface area contributed by atoms with Crippen molar-refractivity contribution in [2.24, 2.45) is 0 Å². The predicted octanol–water partition coefficient (Wildman–Crippen LogP) is 3.33. The first-order valence-corrected chi connectivity index (χ1v) is 11.4. The van der Waals surface area contributed by atoms with Crippen LogP contribution in [-0.2, 0) is 29.1 Å². The zero-order valence-corrected chi connectivity index (χ0v) is 19.2. The van der Waals surface area contributed by atoms with Crippen LogP contribution in [0.1, 0.15) is 46.8 Å². The van der Waals surface area contributed by atoms with Crippen molar-refractivity contribution in [3.8, 4) is 11.4 Å². The SMILES string of the molecule is CCc1ccc(-c2noc(NCc3ccc4c(c3)CN(C3CCC(=O)NC3=O)C4=O)n2)cc1Cl. The van der Waals surface area contributed by atoms with Gasteiger partial charge in [-0.2, -0.15) is 4.98 Å². The molecule has 2 aliphatic rings. The number of benzene rings is 2. The molecule has 174 valence electrons. The maximum atomic E-state index is 12.8. The van der Waals surface area contributed by atoms with Crippen molar-refractivity contribution in [3.05, 3.63) is 63.7 Å². The summed E-state index contributed by atoms with van der Waals surface area (Å²) >= 11 is 6.29. The number of halogens is 1. The highest BCUT2D eigenvalue weighted by atomic mass is 35.5. The Labute approximate surface area is 200 Å². The molecule has 5 rings (SSSR count). The standard InChI is InChI=1S/C24H22ClN5O4/c1-2-14-4-5-15(10-18(14)25)21-28-24(34-29-21)26-11-13-3-6-17-16(9-13)12-30(23(17)33)19-7-8-20(31)27-22(19)32/h3-6,9-10,19H,2,7-8,11-12H2,1H3,(H,26,28,29)(H,27,31,32). The Kier molecular flexibility index (Phi) is 5.79. The highest BCUT2D eigenvalue weighted by Crippen LogP contribution is 2.29. The van der Waals surface area contributed by atoms with E-state index in [2.05, 4.69) is 20.8 Å². The van der Waals surface area contributed by atoms with E-state index in [1.165, 1.54) is 4.90 Å². The molecule has 9 nitrogen and oxygen atoms in total. The summed E-state index contributed by atoms with van der Waals surface area (Å²) < 4.78 is 5.31. The minimum absolute atomic E-state index is 0.196. The number of nitrogens with zero attached hydrogens (tertiary/aromatic N) is 3. The van der Waals surface area contributed by atoms with Gasteiger partial charge in [0.05, 0.1) is 0 Å². The van der Waals surface area contributed by atoms with E-state index in [1.54, 1.807) is 6.07 Å². The summed E-state index contributed by atoms with van der Waals surface area (Å²) in [5.74, 6) is -0.481. The van der Waals surface area contributed by atoms with Crippen LogP contribution in [0, 0.1) is 0 Å². The van der Waals surface area contributed by atoms with Gasteiger partial charge in [-0.25, -0.2) is 0 Å². The lowest BCUT2D eigenvalue weighted by molar-refractivity contribution is -0.136. The lowest BCUT2D eigenvalue weighted by Gasteiger charge is -2.29. The Balaban J connectivity index is 1.25. The lowest BCUT2D eigenvalue weighted by Crippen LogP contribution is -2.52. The van der Waals surface area contributed by atoms with Crippen molar-refractivity contribution in [1.29, 1.82) is 0 Å². The van der Waals surface area contributed by atoms with Gasteiger partial charge < -0.3 is 14.7 Å². The number of piperidine rings is 1. The van der Waals surface area contributed by atoms with E-state index < -0.39 is 11.9 Å². The van der Waals surface area contributed by atoms with Crippen LogP contribution < -0.4 is 10.6 Å². The van der Waals surface area contributed by atoms with Crippen LogP contribution in [0.5, 0.6) is 0 Å². The summed E-state index contributed by atoms with van der Waals surface area (Å²) in [5.41, 5.74) is 4.15. The largest absolute Gasteiger partial charge is 0.334 e. The second-order valence-electron chi connectivity index (χ2n) is 8.33. The van der Waals surface area contributed by atoms with Crippen LogP contribution in [0.4, 0.5) is 6.01 Å². The number of aryl methyl sites for hydroxylation is 1. The van der Waals surface area contributed by atoms with Gasteiger partial charge in [-0.3, -0.25) is 19.7 Å². The van der Waals surface area contributed by atoms with E-state index in [4.69, 9.17) is 16.1 Å². The summed E-state index contributed by atoms with van der Waals surface area (Å²) in [6, 6.07) is 10.8. The molecule has 1 unspecified atom stereocenters. The number of fused-ring (bicyclic) bond motifs is 1. The summed E-state index contributed by atoms with van der Waals surface area (Å²) in [6.45, 7) is 2.78. The quantitative estimate of drug-likeness (QED) is 0.521. The van der Waals surface area contributed by atoms with Crippen LogP contribution in [0.3, 0.4) is 0 Å². The van der Waals surface area contributed by atoms with E-state index in [9.17, 15) is 14.4 Å². The Morgan fingerprint density at radius 2 is 2.06 bits per heavy atom. The third-order valence-electron chi connectivity index (χ3n) is 6.15. The first-order chi connectivity index (χ1) is 16.4. The lowest BCUT2D eigenvalue weighted by atomic mass is 10.0. The molecule has 34 heavy (non-hydrogen) atoms. The number of aromatic nitrogens is 2. The fourth-order valence-electron chi connectivity index (χ4n) is 4.30. The summed E-state index contributed by atoms with van der Waals surface area (Å²) in [7, 11) is 0. The number of hydrogen-bond acceptors (Lipinski definition) is 7. The van der Waals surface area contributed by atoms with Crippen molar-refractivity contribution in [2.75, 3.05) is 5.32 Å². The molecule has 2 N–H and O–H groups in total. The topological polar surface area (TPSA) is 117 Å². The van der Waals surface area contributed by atoms with Gasteiger partial charge in [-0.1, -0.05) is 47.9 Å². The van der Waals surface area contributed by atoms with Gasteiger partial charge in [-0.05, 0) is 41.7 Å². The molecular formula is C24H22ClN5O4. The third-order valence-corrected chi connectivity index (χ3v) is 6.50. The van der Waals surface area contributed by atoms with Crippen molar-refractivity contribution < 1.29 is 18.9 Å². The minimum atomic E-state index is -0.629. The Bertz CT molecular complexity index is 1300. The van der Waals surface area contributed by atoms with E-state index in [1.807, 2.05) is 37.3 Å². The number of anilines is 1. The monoisotopic (exact) mass is 479 g/mol. The fourth-order valence-corrected chi connectivity index (χ4v) is 4.62. The molecule has 0 radical (unpaired) electrons. The molecule has 3 heterocycles. The zero-order valence-electron chi connectivity index (χ0n) is 18.4. The highest BCUT2D eigenvalue weighted by Gasteiger charge is 2.39. The summed E-state index contributed by atoms with van der Waals surface area (Å²) in [4.78, 5) is 42.4. The van der Waals surface area contributed by atoms with Gasteiger partial charge in [0.1, 0.15) is 6.04 Å². The van der Waals surface area contributed by atoms with E-state index in [0.29, 0.717) is 35.9 Å². The Hall–Kier alpha value is -3.72. The van der Waals surface area contributed by atoms with E-state index in [-0.39, 0.29) is 24.2 Å². The van der Waals surface area contributed by atoms with Gasteiger partial charge in [0.2, 0.25) is 17.6 Å². The maximum Gasteiger partial charge on any atom is 0.322 e. The molecule has 2 aliphatic heterocycles. The molecule has 1 fully saturated rings. The highest BCUT2D eigenvalue weighted by molar-refractivity contribution is 6.31. The zero-order chi connectivity index (χ0) is 23.8. The number of amides is 3. The molecule has 3 amide bonds. The smallest absolute Gasteiger partial charge is 0.322 e. The number of nitrogens with one attached hydrogen (secondary N) is 2. The fraction of sp³-hybridized carbons (Fsp3) is 0.292. The molecule has 10 heteroatoms. The van der Waals surface area contributed by atoms with E-state index in [0.717, 1.165) is 28.7 Å². The van der Waals surface area contributed by atoms with Crippen molar-refractivity contribution in [2.45, 2.75) is 45.3 Å². The minimum Gasteiger partial charge on any atom is -0.334 e. The number of carbonyl (C=O) groups excluding carboxylic acids is 3. The first kappa shape index (κ1) is 22.1. The number of imide groups is 1. The van der Waals surface area contributed by atoms with E-state index >= 15 is 0 Å². The normalized spacial score (nSPS) is 17.6. The number of rotatable bonds is 6. The predicted molar refractivity (Wildman–Crippen MR) is 124 cm³/mol. The van der Waals surface area contributed by atoms with Crippen molar-refractivity contribution >= 4 is 35.3 Å². The summed E-state index contributed by atoms with van der Waals surface area (Å²) in [5, 5.41) is 10.1. The molecule has 0 spiro atoms. The molecule has 3 aromatic rings. The van der Waals surface area contributed by atoms with Gasteiger partial charge >= 0.3 is 6.01 Å². The van der Waals surface area contributed by atoms with Crippen LogP contribution in [0.2, 0.25) is 5.02 Å². The molecule has 1 atom stereocenters. The molecule has 0 bridgehead atoms. The van der Waals surface area contributed by atoms with Crippen molar-refractivity contribution in [3.63, 3.8) is 0 Å². The number of hydrogen-bond donors (Lipinski definition) is 2. The van der Waals surface area contributed by atoms with Crippen LogP contribution >= 0.6 is 11.6 Å². The van der Waals surface area contributed by atoms with Crippen LogP contribution in [0.25, 0.3) is 11.4 Å². The summed E-state index contributed by atoms with van der Waals surface area (Å²) in [6.07, 6.45) is 1.41. The Morgan fingerprint density at radius 3 is 2.82 bits per heavy atom. The number of carbonyl (C=O) groups is 3. The van der Waals surface area contributed by atoms with Crippen LogP contribution in [-0.4, -0.2) is 38.8 Å². The Morgan fingerprint density at radius 1 is 1.21 bits per heavy atom. The average Bonchev–Trinajstić information content (AvgIpc) is 3.42. The third kappa shape index (κ3) is 4.14. The molecule has 1 aromatic heterocycles. The average molecular weight is 480 g/mol. The molecule has 1 saturated heterocycles.